The molecule has 0 spiro atoms. The highest BCUT2D eigenvalue weighted by molar-refractivity contribution is 5.37. The van der Waals surface area contributed by atoms with Crippen molar-refractivity contribution in [1.29, 1.82) is 0 Å². The number of fused-ring (bicyclic) bond motifs is 1. The molecule has 3 heteroatoms. The second kappa shape index (κ2) is 5.31. The number of nitrogens with one attached hydrogen (secondary N) is 1. The van der Waals surface area contributed by atoms with Gasteiger partial charge in [-0.3, -0.25) is 0 Å². The van der Waals surface area contributed by atoms with E-state index in [1.54, 1.807) is 0 Å². The standard InChI is InChI=1S/C17H23N3/c1-4-15-11-20-16(9-10-18-17(20)19-15)14-7-5-13(6-8-14)12(2)3/h5-8,11-12,16H,4,9-10H2,1-3H3,(H,18,19). The average Bonchev–Trinajstić information content (AvgIpc) is 2.90. The third-order valence-electron chi connectivity index (χ3n) is 4.17. The second-order valence-corrected chi connectivity index (χ2v) is 5.87. The molecule has 3 nitrogen and oxygen atoms in total. The first-order valence-electron chi connectivity index (χ1n) is 7.60. The minimum absolute atomic E-state index is 0.417. The molecule has 1 aliphatic rings. The number of imidazole rings is 1. The van der Waals surface area contributed by atoms with Gasteiger partial charge in [-0.05, 0) is 29.9 Å². The van der Waals surface area contributed by atoms with Gasteiger partial charge in [-0.25, -0.2) is 4.98 Å². The van der Waals surface area contributed by atoms with Crippen LogP contribution in [0.25, 0.3) is 0 Å². The summed E-state index contributed by atoms with van der Waals surface area (Å²) in [7, 11) is 0. The molecule has 1 aromatic carbocycles. The summed E-state index contributed by atoms with van der Waals surface area (Å²) in [6.45, 7) is 7.62. The smallest absolute Gasteiger partial charge is 0.203 e. The predicted molar refractivity (Wildman–Crippen MR) is 83.4 cm³/mol. The van der Waals surface area contributed by atoms with Gasteiger partial charge in [0.05, 0.1) is 11.7 Å². The third-order valence-corrected chi connectivity index (χ3v) is 4.17. The van der Waals surface area contributed by atoms with E-state index in [-0.39, 0.29) is 0 Å². The number of rotatable bonds is 3. The van der Waals surface area contributed by atoms with Crippen LogP contribution in [0.5, 0.6) is 0 Å². The number of hydrogen-bond donors (Lipinski definition) is 1. The van der Waals surface area contributed by atoms with E-state index in [1.807, 2.05) is 0 Å². The van der Waals surface area contributed by atoms with Gasteiger partial charge in [-0.1, -0.05) is 45.0 Å². The quantitative estimate of drug-likeness (QED) is 0.913. The number of anilines is 1. The van der Waals surface area contributed by atoms with Gasteiger partial charge >= 0.3 is 0 Å². The molecule has 106 valence electrons. The molecule has 1 aromatic heterocycles. The summed E-state index contributed by atoms with van der Waals surface area (Å²) in [5.41, 5.74) is 3.96. The Morgan fingerprint density at radius 2 is 2.05 bits per heavy atom. The number of nitrogens with zero attached hydrogens (tertiary/aromatic N) is 2. The summed E-state index contributed by atoms with van der Waals surface area (Å²) in [6, 6.07) is 9.50. The SMILES string of the molecule is CCc1cn2c(n1)NCCC2c1ccc(C(C)C)cc1. The molecule has 0 saturated heterocycles. The van der Waals surface area contributed by atoms with Gasteiger partial charge in [-0.15, -0.1) is 0 Å². The van der Waals surface area contributed by atoms with Crippen LogP contribution in [0, 0.1) is 0 Å². The Labute approximate surface area is 121 Å². The van der Waals surface area contributed by atoms with Gasteiger partial charge in [0.1, 0.15) is 0 Å². The van der Waals surface area contributed by atoms with E-state index in [1.165, 1.54) is 16.8 Å². The fourth-order valence-corrected chi connectivity index (χ4v) is 2.87. The van der Waals surface area contributed by atoms with Crippen LogP contribution in [0.15, 0.2) is 30.5 Å². The summed E-state index contributed by atoms with van der Waals surface area (Å²) in [6.07, 6.45) is 4.30. The van der Waals surface area contributed by atoms with Crippen molar-refractivity contribution in [2.75, 3.05) is 11.9 Å². The molecule has 1 aliphatic heterocycles. The lowest BCUT2D eigenvalue weighted by Gasteiger charge is -2.26. The van der Waals surface area contributed by atoms with Gasteiger partial charge < -0.3 is 9.88 Å². The fourth-order valence-electron chi connectivity index (χ4n) is 2.87. The van der Waals surface area contributed by atoms with Gasteiger partial charge in [0.2, 0.25) is 5.95 Å². The summed E-state index contributed by atoms with van der Waals surface area (Å²) >= 11 is 0. The van der Waals surface area contributed by atoms with E-state index in [9.17, 15) is 0 Å². The van der Waals surface area contributed by atoms with E-state index in [2.05, 4.69) is 66.1 Å². The van der Waals surface area contributed by atoms with Crippen LogP contribution in [-0.2, 0) is 6.42 Å². The van der Waals surface area contributed by atoms with Crippen molar-refractivity contribution >= 4 is 5.95 Å². The normalized spacial score (nSPS) is 17.9. The van der Waals surface area contributed by atoms with Gasteiger partial charge in [0, 0.05) is 12.7 Å². The van der Waals surface area contributed by atoms with Gasteiger partial charge in [0.25, 0.3) is 0 Å². The van der Waals surface area contributed by atoms with E-state index in [0.717, 1.165) is 25.3 Å². The summed E-state index contributed by atoms with van der Waals surface area (Å²) in [4.78, 5) is 4.64. The molecule has 1 atom stereocenters. The zero-order valence-electron chi connectivity index (χ0n) is 12.6. The summed E-state index contributed by atoms with van der Waals surface area (Å²) in [5, 5.41) is 3.40. The first-order chi connectivity index (χ1) is 9.69. The first kappa shape index (κ1) is 13.2. The lowest BCUT2D eigenvalue weighted by atomic mass is 9.97. The minimum atomic E-state index is 0.417. The first-order valence-corrected chi connectivity index (χ1v) is 7.60. The molecule has 3 rings (SSSR count). The predicted octanol–water partition coefficient (Wildman–Crippen LogP) is 3.97. The summed E-state index contributed by atoms with van der Waals surface area (Å²) in [5.74, 6) is 1.61. The molecule has 0 bridgehead atoms. The maximum absolute atomic E-state index is 4.64. The van der Waals surface area contributed by atoms with Crippen molar-refractivity contribution in [1.82, 2.24) is 9.55 Å². The molecule has 0 amide bonds. The number of hydrogen-bond acceptors (Lipinski definition) is 2. The zero-order chi connectivity index (χ0) is 14.1. The maximum atomic E-state index is 4.64. The molecular weight excluding hydrogens is 246 g/mol. The maximum Gasteiger partial charge on any atom is 0.203 e. The van der Waals surface area contributed by atoms with Crippen molar-refractivity contribution in [3.63, 3.8) is 0 Å². The minimum Gasteiger partial charge on any atom is -0.356 e. The Morgan fingerprint density at radius 1 is 1.30 bits per heavy atom. The Kier molecular flexibility index (Phi) is 3.51. The van der Waals surface area contributed by atoms with Crippen LogP contribution in [0.1, 0.15) is 56.0 Å². The molecule has 0 saturated carbocycles. The molecule has 2 aromatic rings. The van der Waals surface area contributed by atoms with Crippen LogP contribution in [0.4, 0.5) is 5.95 Å². The van der Waals surface area contributed by atoms with Crippen molar-refractivity contribution in [2.24, 2.45) is 0 Å². The Bertz CT molecular complexity index is 581. The van der Waals surface area contributed by atoms with Gasteiger partial charge in [0.15, 0.2) is 0 Å². The number of aryl methyl sites for hydroxylation is 1. The van der Waals surface area contributed by atoms with E-state index in [4.69, 9.17) is 0 Å². The van der Waals surface area contributed by atoms with Crippen molar-refractivity contribution in [3.05, 3.63) is 47.3 Å². The topological polar surface area (TPSA) is 29.9 Å². The van der Waals surface area contributed by atoms with Crippen LogP contribution in [0.2, 0.25) is 0 Å². The second-order valence-electron chi connectivity index (χ2n) is 5.87. The number of benzene rings is 1. The molecule has 1 N–H and O–H groups in total. The van der Waals surface area contributed by atoms with E-state index < -0.39 is 0 Å². The van der Waals surface area contributed by atoms with Crippen LogP contribution < -0.4 is 5.32 Å². The largest absolute Gasteiger partial charge is 0.356 e. The zero-order valence-corrected chi connectivity index (χ0v) is 12.6. The molecule has 2 heterocycles. The van der Waals surface area contributed by atoms with E-state index in [0.29, 0.717) is 12.0 Å². The monoisotopic (exact) mass is 269 g/mol. The Balaban J connectivity index is 1.93. The molecule has 0 fully saturated rings. The highest BCUT2D eigenvalue weighted by atomic mass is 15.2. The Morgan fingerprint density at radius 3 is 2.70 bits per heavy atom. The third kappa shape index (κ3) is 2.33. The number of aromatic nitrogens is 2. The molecule has 20 heavy (non-hydrogen) atoms. The molecule has 0 aliphatic carbocycles. The Hall–Kier alpha value is -1.77. The fraction of sp³-hybridized carbons (Fsp3) is 0.471. The lowest BCUT2D eigenvalue weighted by molar-refractivity contribution is 0.530. The molecule has 1 unspecified atom stereocenters. The van der Waals surface area contributed by atoms with Crippen LogP contribution >= 0.6 is 0 Å². The highest BCUT2D eigenvalue weighted by Gasteiger charge is 2.22. The van der Waals surface area contributed by atoms with Crippen LogP contribution in [-0.4, -0.2) is 16.1 Å². The summed E-state index contributed by atoms with van der Waals surface area (Å²) < 4.78 is 2.30. The van der Waals surface area contributed by atoms with Crippen LogP contribution in [0.3, 0.4) is 0 Å². The average molecular weight is 269 g/mol. The van der Waals surface area contributed by atoms with Crippen molar-refractivity contribution in [3.8, 4) is 0 Å². The molecular formula is C17H23N3. The van der Waals surface area contributed by atoms with Crippen molar-refractivity contribution < 1.29 is 0 Å². The van der Waals surface area contributed by atoms with Gasteiger partial charge in [-0.2, -0.15) is 0 Å². The lowest BCUT2D eigenvalue weighted by Crippen LogP contribution is -2.23. The van der Waals surface area contributed by atoms with Crippen molar-refractivity contribution in [2.45, 2.75) is 45.6 Å². The van der Waals surface area contributed by atoms with E-state index >= 15 is 0 Å². The molecule has 0 radical (unpaired) electrons. The highest BCUT2D eigenvalue weighted by Crippen LogP contribution is 2.30.